The third-order valence-electron chi connectivity index (χ3n) is 11.9. The summed E-state index contributed by atoms with van der Waals surface area (Å²) in [7, 11) is 0. The van der Waals surface area contributed by atoms with Crippen LogP contribution >= 0.6 is 0 Å². The average Bonchev–Trinajstić information content (AvgIpc) is 3.85. The molecule has 12 rings (SSSR count). The second-order valence-corrected chi connectivity index (χ2v) is 15.4. The maximum absolute atomic E-state index is 5.18. The molecule has 0 N–H and O–H groups in total. The number of hydrogen-bond donors (Lipinski definition) is 0. The molecule has 0 saturated heterocycles. The van der Waals surface area contributed by atoms with Gasteiger partial charge in [-0.05, 0) is 70.4 Å². The number of fused-ring (bicyclic) bond motifs is 7. The van der Waals surface area contributed by atoms with Crippen molar-refractivity contribution in [3.05, 3.63) is 218 Å². The molecular weight excluding hydrogens is 729 g/mol. The summed E-state index contributed by atoms with van der Waals surface area (Å²) >= 11 is 0. The zero-order valence-corrected chi connectivity index (χ0v) is 32.6. The molecule has 0 saturated carbocycles. The molecule has 0 radical (unpaired) electrons. The monoisotopic (exact) mass is 764 g/mol. The summed E-state index contributed by atoms with van der Waals surface area (Å²) in [6, 6.07) is 78.1. The molecule has 0 aliphatic rings. The van der Waals surface area contributed by atoms with Crippen LogP contribution in [0, 0.1) is 0 Å². The predicted molar refractivity (Wildman–Crippen MR) is 250 cm³/mol. The summed E-state index contributed by atoms with van der Waals surface area (Å²) < 4.78 is 4.83. The molecule has 3 aromatic heterocycles. The van der Waals surface area contributed by atoms with Gasteiger partial charge in [0.25, 0.3) is 0 Å². The Labute approximate surface area is 346 Å². The summed E-state index contributed by atoms with van der Waals surface area (Å²) in [6.07, 6.45) is 0. The van der Waals surface area contributed by atoms with Crippen LogP contribution in [0.2, 0.25) is 0 Å². The first kappa shape index (κ1) is 34.0. The molecule has 0 bridgehead atoms. The molecule has 280 valence electrons. The van der Waals surface area contributed by atoms with Crippen molar-refractivity contribution in [2.75, 3.05) is 0 Å². The van der Waals surface area contributed by atoms with Gasteiger partial charge in [0, 0.05) is 49.6 Å². The van der Waals surface area contributed by atoms with Crippen molar-refractivity contribution in [2.45, 2.75) is 0 Å². The van der Waals surface area contributed by atoms with Crippen LogP contribution in [-0.2, 0) is 0 Å². The Morgan fingerprint density at radius 3 is 1.30 bits per heavy atom. The SMILES string of the molecule is c1ccc(-c2nc(-c3ccc(-c4cc(-n5c6ccccc6c6ccccc65)cc(-n5c6ccccc6c6ccccc65)c4)cc3)cc(-c3cccc4ccccc34)n2)cc1. The van der Waals surface area contributed by atoms with E-state index in [4.69, 9.17) is 9.97 Å². The molecule has 0 aliphatic carbocycles. The molecule has 4 heteroatoms. The molecule has 0 fully saturated rings. The molecular formula is C56H36N4. The third-order valence-corrected chi connectivity index (χ3v) is 11.9. The van der Waals surface area contributed by atoms with E-state index < -0.39 is 0 Å². The number of para-hydroxylation sites is 4. The van der Waals surface area contributed by atoms with Gasteiger partial charge >= 0.3 is 0 Å². The smallest absolute Gasteiger partial charge is 0.160 e. The molecule has 0 aliphatic heterocycles. The quantitative estimate of drug-likeness (QED) is 0.169. The normalized spacial score (nSPS) is 11.7. The largest absolute Gasteiger partial charge is 0.309 e. The van der Waals surface area contributed by atoms with Gasteiger partial charge in [-0.15, -0.1) is 0 Å². The zero-order valence-electron chi connectivity index (χ0n) is 32.6. The van der Waals surface area contributed by atoms with E-state index in [-0.39, 0.29) is 0 Å². The van der Waals surface area contributed by atoms with E-state index in [1.54, 1.807) is 0 Å². The van der Waals surface area contributed by atoms with E-state index in [2.05, 4.69) is 209 Å². The summed E-state index contributed by atoms with van der Waals surface area (Å²) in [4.78, 5) is 10.3. The molecule has 9 aromatic carbocycles. The van der Waals surface area contributed by atoms with E-state index in [1.807, 2.05) is 18.2 Å². The fourth-order valence-corrected chi connectivity index (χ4v) is 9.15. The lowest BCUT2D eigenvalue weighted by molar-refractivity contribution is 1.13. The second kappa shape index (κ2) is 13.8. The maximum atomic E-state index is 5.18. The average molecular weight is 765 g/mol. The molecule has 4 nitrogen and oxygen atoms in total. The number of aromatic nitrogens is 4. The van der Waals surface area contributed by atoms with Gasteiger partial charge in [-0.25, -0.2) is 9.97 Å². The predicted octanol–water partition coefficient (Wildman–Crippen LogP) is 14.5. The van der Waals surface area contributed by atoms with Crippen LogP contribution in [0.4, 0.5) is 0 Å². The van der Waals surface area contributed by atoms with Gasteiger partial charge in [0.1, 0.15) is 0 Å². The van der Waals surface area contributed by atoms with Gasteiger partial charge in [-0.1, -0.05) is 170 Å². The number of benzene rings is 9. The van der Waals surface area contributed by atoms with Crippen molar-refractivity contribution in [1.82, 2.24) is 19.1 Å². The number of nitrogens with zero attached hydrogens (tertiary/aromatic N) is 4. The molecule has 0 unspecified atom stereocenters. The van der Waals surface area contributed by atoms with Crippen LogP contribution in [0.25, 0.3) is 111 Å². The van der Waals surface area contributed by atoms with E-state index in [0.29, 0.717) is 5.82 Å². The molecule has 3 heterocycles. The first-order valence-corrected chi connectivity index (χ1v) is 20.4. The van der Waals surface area contributed by atoms with Crippen LogP contribution < -0.4 is 0 Å². The summed E-state index contributed by atoms with van der Waals surface area (Å²) in [6.45, 7) is 0. The molecule has 60 heavy (non-hydrogen) atoms. The van der Waals surface area contributed by atoms with Crippen LogP contribution in [0.5, 0.6) is 0 Å². The van der Waals surface area contributed by atoms with Crippen molar-refractivity contribution >= 4 is 54.4 Å². The van der Waals surface area contributed by atoms with Crippen LogP contribution in [0.3, 0.4) is 0 Å². The van der Waals surface area contributed by atoms with E-state index in [1.165, 1.54) is 54.4 Å². The van der Waals surface area contributed by atoms with Crippen molar-refractivity contribution in [1.29, 1.82) is 0 Å². The topological polar surface area (TPSA) is 35.6 Å². The lowest BCUT2D eigenvalue weighted by atomic mass is 9.99. The Hall–Kier alpha value is -8.08. The van der Waals surface area contributed by atoms with E-state index >= 15 is 0 Å². The maximum Gasteiger partial charge on any atom is 0.160 e. The van der Waals surface area contributed by atoms with Crippen LogP contribution in [-0.4, -0.2) is 19.1 Å². The number of hydrogen-bond acceptors (Lipinski definition) is 2. The van der Waals surface area contributed by atoms with Crippen LogP contribution in [0.1, 0.15) is 0 Å². The first-order chi connectivity index (χ1) is 29.7. The van der Waals surface area contributed by atoms with Gasteiger partial charge in [0.15, 0.2) is 5.82 Å². The highest BCUT2D eigenvalue weighted by atomic mass is 15.0. The highest BCUT2D eigenvalue weighted by molar-refractivity contribution is 6.11. The van der Waals surface area contributed by atoms with E-state index in [9.17, 15) is 0 Å². The number of rotatable bonds is 6. The van der Waals surface area contributed by atoms with Gasteiger partial charge in [-0.2, -0.15) is 0 Å². The summed E-state index contributed by atoms with van der Waals surface area (Å²) in [5.74, 6) is 0.704. The Kier molecular flexibility index (Phi) is 7.82. The van der Waals surface area contributed by atoms with Gasteiger partial charge in [0.05, 0.1) is 33.5 Å². The summed E-state index contributed by atoms with van der Waals surface area (Å²) in [5.41, 5.74) is 14.1. The van der Waals surface area contributed by atoms with Gasteiger partial charge in [0.2, 0.25) is 0 Å². The fraction of sp³-hybridized carbons (Fsp3) is 0. The highest BCUT2D eigenvalue weighted by Gasteiger charge is 2.18. The zero-order chi connectivity index (χ0) is 39.6. The van der Waals surface area contributed by atoms with Crippen LogP contribution in [0.15, 0.2) is 218 Å². The third kappa shape index (κ3) is 5.53. The highest BCUT2D eigenvalue weighted by Crippen LogP contribution is 2.39. The first-order valence-electron chi connectivity index (χ1n) is 20.4. The lowest BCUT2D eigenvalue weighted by Gasteiger charge is -2.16. The Morgan fingerprint density at radius 1 is 0.283 bits per heavy atom. The van der Waals surface area contributed by atoms with Gasteiger partial charge in [-0.3, -0.25) is 0 Å². The molecule has 0 amide bonds. The standard InChI is InChI=1S/C56H36N4/c1-2-16-40(17-3-1)56-57-50(36-51(58-56)45-24-14-18-38-15-4-5-19-44(38)45)39-31-29-37(30-32-39)41-33-42(59-52-25-10-6-20-46(52)47-21-7-11-26-53(47)59)35-43(34-41)60-54-27-12-8-22-48(54)49-23-9-13-28-55(49)60/h1-36H. The Bertz CT molecular complexity index is 3350. The van der Waals surface area contributed by atoms with Gasteiger partial charge < -0.3 is 9.13 Å². The lowest BCUT2D eigenvalue weighted by Crippen LogP contribution is -2.00. The minimum absolute atomic E-state index is 0.704. The second-order valence-electron chi connectivity index (χ2n) is 15.4. The minimum atomic E-state index is 0.704. The fourth-order valence-electron chi connectivity index (χ4n) is 9.15. The molecule has 0 spiro atoms. The summed E-state index contributed by atoms with van der Waals surface area (Å²) in [5, 5.41) is 7.31. The minimum Gasteiger partial charge on any atom is -0.309 e. The van der Waals surface area contributed by atoms with Crippen molar-refractivity contribution in [2.24, 2.45) is 0 Å². The van der Waals surface area contributed by atoms with Crippen molar-refractivity contribution in [3.8, 4) is 56.4 Å². The Balaban J connectivity index is 1.05. The molecule has 12 aromatic rings. The van der Waals surface area contributed by atoms with Crippen molar-refractivity contribution in [3.63, 3.8) is 0 Å². The molecule has 0 atom stereocenters. The Morgan fingerprint density at radius 2 is 0.733 bits per heavy atom. The van der Waals surface area contributed by atoms with Crippen molar-refractivity contribution < 1.29 is 0 Å². The van der Waals surface area contributed by atoms with E-state index in [0.717, 1.165) is 50.6 Å².